The summed E-state index contributed by atoms with van der Waals surface area (Å²) in [5.74, 6) is 3.46. The highest BCUT2D eigenvalue weighted by molar-refractivity contribution is 7.99. The monoisotopic (exact) mass is 214 g/mol. The smallest absolute Gasteiger partial charge is 0.133 e. The van der Waals surface area contributed by atoms with Crippen molar-refractivity contribution in [2.45, 2.75) is 33.6 Å². The van der Waals surface area contributed by atoms with Gasteiger partial charge in [-0.3, -0.25) is 4.79 Å². The SMILES string of the molecule is C=CCSCC(C)CC(=O)CC(C)C. The lowest BCUT2D eigenvalue weighted by Gasteiger charge is -2.10. The van der Waals surface area contributed by atoms with E-state index in [0.29, 0.717) is 17.6 Å². The summed E-state index contributed by atoms with van der Waals surface area (Å²) in [5.41, 5.74) is 0. The fraction of sp³-hybridized carbons (Fsp3) is 0.750. The maximum atomic E-state index is 11.5. The molecule has 0 rings (SSSR count). The van der Waals surface area contributed by atoms with E-state index >= 15 is 0 Å². The van der Waals surface area contributed by atoms with E-state index in [1.54, 1.807) is 0 Å². The molecule has 0 radical (unpaired) electrons. The molecule has 0 aromatic carbocycles. The minimum absolute atomic E-state index is 0.409. The molecule has 14 heavy (non-hydrogen) atoms. The molecule has 1 unspecified atom stereocenters. The molecule has 82 valence electrons. The zero-order chi connectivity index (χ0) is 11.0. The molecule has 0 saturated carbocycles. The van der Waals surface area contributed by atoms with Crippen LogP contribution in [0.25, 0.3) is 0 Å². The number of hydrogen-bond donors (Lipinski definition) is 0. The second kappa shape index (κ2) is 8.10. The van der Waals surface area contributed by atoms with Crippen LogP contribution in [0.15, 0.2) is 12.7 Å². The van der Waals surface area contributed by atoms with Gasteiger partial charge in [0.1, 0.15) is 5.78 Å². The second-order valence-electron chi connectivity index (χ2n) is 4.27. The van der Waals surface area contributed by atoms with Crippen molar-refractivity contribution in [1.29, 1.82) is 0 Å². The molecule has 0 N–H and O–H groups in total. The first-order valence-electron chi connectivity index (χ1n) is 5.26. The van der Waals surface area contributed by atoms with Crippen molar-refractivity contribution in [2.24, 2.45) is 11.8 Å². The zero-order valence-electron chi connectivity index (χ0n) is 9.58. The highest BCUT2D eigenvalue weighted by Gasteiger charge is 2.10. The molecule has 0 aliphatic rings. The van der Waals surface area contributed by atoms with E-state index in [-0.39, 0.29) is 0 Å². The minimum Gasteiger partial charge on any atom is -0.300 e. The van der Waals surface area contributed by atoms with Gasteiger partial charge in [-0.1, -0.05) is 26.8 Å². The summed E-state index contributed by atoms with van der Waals surface area (Å²) in [6, 6.07) is 0. The van der Waals surface area contributed by atoms with Crippen molar-refractivity contribution in [2.75, 3.05) is 11.5 Å². The van der Waals surface area contributed by atoms with Gasteiger partial charge in [-0.25, -0.2) is 0 Å². The van der Waals surface area contributed by atoms with E-state index < -0.39 is 0 Å². The Morgan fingerprint density at radius 2 is 2.00 bits per heavy atom. The third-order valence-corrected chi connectivity index (χ3v) is 3.13. The Morgan fingerprint density at radius 1 is 1.36 bits per heavy atom. The van der Waals surface area contributed by atoms with Gasteiger partial charge in [0.15, 0.2) is 0 Å². The quantitative estimate of drug-likeness (QED) is 0.454. The maximum absolute atomic E-state index is 11.5. The van der Waals surface area contributed by atoms with Crippen LogP contribution in [0.5, 0.6) is 0 Å². The molecular formula is C12H22OS. The molecule has 0 aliphatic carbocycles. The largest absolute Gasteiger partial charge is 0.300 e. The van der Waals surface area contributed by atoms with Gasteiger partial charge in [-0.15, -0.1) is 6.58 Å². The third kappa shape index (κ3) is 8.36. The number of Topliss-reactive ketones (excluding diaryl/α,β-unsaturated/α-hetero) is 1. The summed E-state index contributed by atoms with van der Waals surface area (Å²) in [6.45, 7) is 10.0. The number of carbonyl (C=O) groups is 1. The van der Waals surface area contributed by atoms with Crippen molar-refractivity contribution in [1.82, 2.24) is 0 Å². The van der Waals surface area contributed by atoms with E-state index in [0.717, 1.165) is 24.3 Å². The Labute approximate surface area is 92.3 Å². The molecule has 0 amide bonds. The van der Waals surface area contributed by atoms with Crippen LogP contribution in [-0.2, 0) is 4.79 Å². The topological polar surface area (TPSA) is 17.1 Å². The fourth-order valence-corrected chi connectivity index (χ4v) is 2.16. The predicted octanol–water partition coefficient (Wildman–Crippen LogP) is 3.55. The summed E-state index contributed by atoms with van der Waals surface area (Å²) in [6.07, 6.45) is 3.38. The van der Waals surface area contributed by atoms with Gasteiger partial charge in [-0.2, -0.15) is 11.8 Å². The first-order valence-corrected chi connectivity index (χ1v) is 6.42. The van der Waals surface area contributed by atoms with Gasteiger partial charge in [0, 0.05) is 18.6 Å². The molecule has 0 aliphatic heterocycles. The lowest BCUT2D eigenvalue weighted by Crippen LogP contribution is -2.10. The van der Waals surface area contributed by atoms with Crippen LogP contribution >= 0.6 is 11.8 Å². The van der Waals surface area contributed by atoms with Crippen LogP contribution in [0.3, 0.4) is 0 Å². The summed E-state index contributed by atoms with van der Waals surface area (Å²) in [5, 5.41) is 0. The molecule has 1 nitrogen and oxygen atoms in total. The molecular weight excluding hydrogens is 192 g/mol. The number of thioether (sulfide) groups is 1. The van der Waals surface area contributed by atoms with E-state index in [1.807, 2.05) is 17.8 Å². The number of carbonyl (C=O) groups excluding carboxylic acids is 1. The van der Waals surface area contributed by atoms with Crippen molar-refractivity contribution >= 4 is 17.5 Å². The zero-order valence-corrected chi connectivity index (χ0v) is 10.4. The van der Waals surface area contributed by atoms with Gasteiger partial charge in [0.05, 0.1) is 0 Å². The molecule has 0 saturated heterocycles. The summed E-state index contributed by atoms with van der Waals surface area (Å²) in [4.78, 5) is 11.5. The third-order valence-electron chi connectivity index (χ3n) is 1.85. The standard InChI is InChI=1S/C12H22OS/c1-5-6-14-9-11(4)8-12(13)7-10(2)3/h5,10-11H,1,6-9H2,2-4H3. The van der Waals surface area contributed by atoms with E-state index in [2.05, 4.69) is 27.4 Å². The van der Waals surface area contributed by atoms with Crippen molar-refractivity contribution in [3.05, 3.63) is 12.7 Å². The molecule has 2 heteroatoms. The Bertz CT molecular complexity index is 175. The van der Waals surface area contributed by atoms with Crippen molar-refractivity contribution < 1.29 is 4.79 Å². The first kappa shape index (κ1) is 13.8. The molecule has 0 bridgehead atoms. The Balaban J connectivity index is 3.54. The van der Waals surface area contributed by atoms with Crippen LogP contribution in [0.1, 0.15) is 33.6 Å². The van der Waals surface area contributed by atoms with Crippen LogP contribution in [0, 0.1) is 11.8 Å². The highest BCUT2D eigenvalue weighted by atomic mass is 32.2. The van der Waals surface area contributed by atoms with Gasteiger partial charge >= 0.3 is 0 Å². The van der Waals surface area contributed by atoms with Crippen molar-refractivity contribution in [3.8, 4) is 0 Å². The van der Waals surface area contributed by atoms with Gasteiger partial charge in [0.25, 0.3) is 0 Å². The van der Waals surface area contributed by atoms with Crippen LogP contribution in [0.2, 0.25) is 0 Å². The summed E-state index contributed by atoms with van der Waals surface area (Å²) >= 11 is 1.85. The maximum Gasteiger partial charge on any atom is 0.133 e. The molecule has 0 aromatic rings. The summed E-state index contributed by atoms with van der Waals surface area (Å²) in [7, 11) is 0. The highest BCUT2D eigenvalue weighted by Crippen LogP contribution is 2.14. The Morgan fingerprint density at radius 3 is 2.50 bits per heavy atom. The molecule has 0 fully saturated rings. The molecule has 1 atom stereocenters. The predicted molar refractivity (Wildman–Crippen MR) is 65.8 cm³/mol. The molecule has 0 spiro atoms. The normalized spacial score (nSPS) is 12.9. The number of rotatable bonds is 8. The Hall–Kier alpha value is -0.240. The van der Waals surface area contributed by atoms with E-state index in [4.69, 9.17) is 0 Å². The van der Waals surface area contributed by atoms with Crippen LogP contribution in [0.4, 0.5) is 0 Å². The second-order valence-corrected chi connectivity index (χ2v) is 5.35. The average molecular weight is 214 g/mol. The Kier molecular flexibility index (Phi) is 7.96. The lowest BCUT2D eigenvalue weighted by atomic mass is 10.00. The summed E-state index contributed by atoms with van der Waals surface area (Å²) < 4.78 is 0. The van der Waals surface area contributed by atoms with Gasteiger partial charge in [-0.05, 0) is 17.6 Å². The van der Waals surface area contributed by atoms with Gasteiger partial charge in [0.2, 0.25) is 0 Å². The van der Waals surface area contributed by atoms with Gasteiger partial charge < -0.3 is 0 Å². The molecule has 0 aromatic heterocycles. The number of hydrogen-bond acceptors (Lipinski definition) is 2. The number of ketones is 1. The average Bonchev–Trinajstić information content (AvgIpc) is 2.02. The van der Waals surface area contributed by atoms with Crippen LogP contribution in [-0.4, -0.2) is 17.3 Å². The van der Waals surface area contributed by atoms with Crippen LogP contribution < -0.4 is 0 Å². The first-order chi connectivity index (χ1) is 6.56. The van der Waals surface area contributed by atoms with E-state index in [1.165, 1.54) is 0 Å². The lowest BCUT2D eigenvalue weighted by molar-refractivity contribution is -0.120. The minimum atomic E-state index is 0.409. The van der Waals surface area contributed by atoms with E-state index in [9.17, 15) is 4.79 Å². The van der Waals surface area contributed by atoms with Crippen molar-refractivity contribution in [3.63, 3.8) is 0 Å². The molecule has 0 heterocycles. The fourth-order valence-electron chi connectivity index (χ4n) is 1.34.